The second-order valence-corrected chi connectivity index (χ2v) is 18.0. The molecular weight excluding hydrogens is 773 g/mol. The molecule has 0 saturated heterocycles. The van der Waals surface area contributed by atoms with E-state index in [9.17, 15) is 14.4 Å². The van der Waals surface area contributed by atoms with E-state index in [4.69, 9.17) is 19.2 Å². The van der Waals surface area contributed by atoms with Crippen LogP contribution in [0.5, 0.6) is 17.2 Å². The number of thiol groups is 1. The molecule has 10 nitrogen and oxygen atoms in total. The van der Waals surface area contributed by atoms with Gasteiger partial charge in [0.15, 0.2) is 11.5 Å². The number of anilines is 1. The number of methoxy groups -OCH3 is 1. The number of carbonyl (C=O) groups excluding carboxylic acids is 3. The molecule has 4 aliphatic rings. The zero-order chi connectivity index (χ0) is 42.1. The highest BCUT2D eigenvalue weighted by Gasteiger charge is 2.35. The molecule has 4 aliphatic heterocycles. The van der Waals surface area contributed by atoms with Gasteiger partial charge >= 0.3 is 0 Å². The number of rotatable bonds is 13. The summed E-state index contributed by atoms with van der Waals surface area (Å²) in [6.45, 7) is 8.81. The van der Waals surface area contributed by atoms with Crippen molar-refractivity contribution in [1.82, 2.24) is 9.80 Å². The van der Waals surface area contributed by atoms with Gasteiger partial charge in [0, 0.05) is 66.0 Å². The van der Waals surface area contributed by atoms with E-state index in [2.05, 4.69) is 49.1 Å². The maximum atomic E-state index is 14.0. The first-order valence-electron chi connectivity index (χ1n) is 20.8. The van der Waals surface area contributed by atoms with Crippen LogP contribution < -0.4 is 19.5 Å². The second kappa shape index (κ2) is 17.0. The molecule has 3 amide bonds. The lowest BCUT2D eigenvalue weighted by molar-refractivity contribution is -0.116. The van der Waals surface area contributed by atoms with Gasteiger partial charge in [-0.1, -0.05) is 55.8 Å². The molecule has 0 bridgehead atoms. The smallest absolute Gasteiger partial charge is 0.260 e. The first-order valence-corrected chi connectivity index (χ1v) is 21.2. The number of hydrogen-bond donors (Lipinski definition) is 2. The van der Waals surface area contributed by atoms with Gasteiger partial charge in [0.1, 0.15) is 5.75 Å². The lowest BCUT2D eigenvalue weighted by atomic mass is 9.96. The Morgan fingerprint density at radius 1 is 0.850 bits per heavy atom. The van der Waals surface area contributed by atoms with Crippen molar-refractivity contribution in [3.8, 4) is 17.2 Å². The van der Waals surface area contributed by atoms with Crippen molar-refractivity contribution in [2.24, 2.45) is 4.99 Å². The van der Waals surface area contributed by atoms with E-state index in [1.807, 2.05) is 80.7 Å². The largest absolute Gasteiger partial charge is 0.493 e. The number of nitrogens with one attached hydrogen (secondary N) is 1. The number of carbonyl (C=O) groups is 3. The van der Waals surface area contributed by atoms with Crippen molar-refractivity contribution in [3.05, 3.63) is 124 Å². The van der Waals surface area contributed by atoms with Crippen molar-refractivity contribution < 1.29 is 28.6 Å². The van der Waals surface area contributed by atoms with Gasteiger partial charge in [0.05, 0.1) is 37.6 Å². The number of ether oxygens (including phenoxy) is 3. The van der Waals surface area contributed by atoms with Crippen molar-refractivity contribution in [3.63, 3.8) is 0 Å². The number of aryl methyl sites for hydroxylation is 3. The van der Waals surface area contributed by atoms with Crippen molar-refractivity contribution in [2.45, 2.75) is 89.5 Å². The SMILES string of the molecule is COc1cc2c(cc1OCCCOc1cc3c(cc1C)C(=O)N1C=C(c4cccc(NC(=O)CCC(C)(C)S)c4)C[C@H]1CC3)N=C[C@@H]1CC(c3ccc(C)cc3)=CN1C2=O. The minimum Gasteiger partial charge on any atom is -0.493 e. The average Bonchev–Trinajstić information content (AvgIpc) is 3.81. The molecule has 4 aromatic carbocycles. The van der Waals surface area contributed by atoms with E-state index in [1.165, 1.54) is 5.56 Å². The van der Waals surface area contributed by atoms with E-state index in [0.29, 0.717) is 67.2 Å². The van der Waals surface area contributed by atoms with E-state index in [0.717, 1.165) is 64.1 Å². The summed E-state index contributed by atoms with van der Waals surface area (Å²) >= 11 is 4.54. The number of benzene rings is 4. The Morgan fingerprint density at radius 3 is 2.35 bits per heavy atom. The summed E-state index contributed by atoms with van der Waals surface area (Å²) in [5.74, 6) is 1.57. The number of nitrogens with zero attached hydrogens (tertiary/aromatic N) is 3. The zero-order valence-corrected chi connectivity index (χ0v) is 35.8. The van der Waals surface area contributed by atoms with Crippen LogP contribution in [0.15, 0.2) is 90.2 Å². The normalized spacial score (nSPS) is 18.1. The van der Waals surface area contributed by atoms with Crippen LogP contribution in [0, 0.1) is 13.8 Å². The minimum absolute atomic E-state index is 0.00558. The Morgan fingerprint density at radius 2 is 1.58 bits per heavy atom. The molecule has 0 spiro atoms. The summed E-state index contributed by atoms with van der Waals surface area (Å²) in [5.41, 5.74) is 9.84. The molecule has 0 fully saturated rings. The van der Waals surface area contributed by atoms with Gasteiger partial charge in [0.25, 0.3) is 11.8 Å². The van der Waals surface area contributed by atoms with Gasteiger partial charge in [-0.05, 0) is 103 Å². The summed E-state index contributed by atoms with van der Waals surface area (Å²) in [6, 6.07) is 23.6. The van der Waals surface area contributed by atoms with E-state index >= 15 is 0 Å². The Hall–Kier alpha value is -5.81. The quantitative estimate of drug-likeness (QED) is 0.103. The van der Waals surface area contributed by atoms with Crippen molar-refractivity contribution in [1.29, 1.82) is 0 Å². The summed E-state index contributed by atoms with van der Waals surface area (Å²) in [6.07, 6.45) is 10.5. The van der Waals surface area contributed by atoms with Gasteiger partial charge in [-0.15, -0.1) is 0 Å². The third-order valence-electron chi connectivity index (χ3n) is 11.7. The lowest BCUT2D eigenvalue weighted by Gasteiger charge is -2.20. The Balaban J connectivity index is 0.870. The predicted molar refractivity (Wildman–Crippen MR) is 240 cm³/mol. The number of fused-ring (bicyclic) bond motifs is 4. The molecule has 0 saturated carbocycles. The first-order chi connectivity index (χ1) is 28.8. The number of aliphatic imine (C=N–C) groups is 1. The molecule has 0 unspecified atom stereocenters. The molecule has 2 atom stereocenters. The molecule has 0 radical (unpaired) electrons. The van der Waals surface area contributed by atoms with Crippen LogP contribution in [-0.2, 0) is 11.2 Å². The van der Waals surface area contributed by atoms with Crippen molar-refractivity contribution >= 4 is 59.1 Å². The predicted octanol–water partition coefficient (Wildman–Crippen LogP) is 9.76. The summed E-state index contributed by atoms with van der Waals surface area (Å²) in [4.78, 5) is 48.7. The molecule has 4 aromatic rings. The number of amides is 3. The van der Waals surface area contributed by atoms with E-state index < -0.39 is 0 Å². The third kappa shape index (κ3) is 8.87. The highest BCUT2D eigenvalue weighted by atomic mass is 32.1. The Kier molecular flexibility index (Phi) is 11.6. The standard InChI is InChI=1S/C49H52N4O6S/c1-30-10-12-32(13-11-30)35-23-39-27-50-42-26-45(44(57-5)25-41(42)48(56)53(39)28-35)59-19-7-18-58-43-24-34-14-15-38-22-36(29-52(38)47(55)40(34)20-31(43)2)33-8-6-9-37(21-33)51-46(54)16-17-49(3,4)60/h6,8-13,20-21,24-29,38-39,60H,7,14-19,22-23H2,1-5H3,(H,51,54)/t38-,39+/m1/s1. The zero-order valence-electron chi connectivity index (χ0n) is 34.9. The monoisotopic (exact) mass is 824 g/mol. The second-order valence-electron chi connectivity index (χ2n) is 16.8. The highest BCUT2D eigenvalue weighted by molar-refractivity contribution is 7.81. The van der Waals surface area contributed by atoms with Gasteiger partial charge < -0.3 is 29.3 Å². The fourth-order valence-corrected chi connectivity index (χ4v) is 8.40. The van der Waals surface area contributed by atoms with Gasteiger partial charge in [-0.25, -0.2) is 0 Å². The van der Waals surface area contributed by atoms with Crippen LogP contribution in [-0.4, -0.2) is 70.9 Å². The van der Waals surface area contributed by atoms with Crippen LogP contribution >= 0.6 is 12.6 Å². The molecular formula is C49H52N4O6S. The van der Waals surface area contributed by atoms with Crippen LogP contribution in [0.3, 0.4) is 0 Å². The fraction of sp³-hybridized carbons (Fsp3) is 0.347. The molecule has 4 heterocycles. The van der Waals surface area contributed by atoms with Crippen LogP contribution in [0.25, 0.3) is 11.1 Å². The third-order valence-corrected chi connectivity index (χ3v) is 11.9. The molecule has 0 aromatic heterocycles. The minimum atomic E-state index is -0.210. The average molecular weight is 825 g/mol. The number of hydrogen-bond acceptors (Lipinski definition) is 8. The Bertz CT molecular complexity index is 2430. The van der Waals surface area contributed by atoms with E-state index in [1.54, 1.807) is 24.1 Å². The summed E-state index contributed by atoms with van der Waals surface area (Å²) < 4.78 is 17.9. The molecule has 310 valence electrons. The molecule has 0 aliphatic carbocycles. The Labute approximate surface area is 357 Å². The lowest BCUT2D eigenvalue weighted by Crippen LogP contribution is -2.32. The topological polar surface area (TPSA) is 110 Å². The first kappa shape index (κ1) is 40.9. The summed E-state index contributed by atoms with van der Waals surface area (Å²) in [5, 5.41) is 3.02. The van der Waals surface area contributed by atoms with Gasteiger partial charge in [0.2, 0.25) is 5.91 Å². The molecule has 8 rings (SSSR count). The highest BCUT2D eigenvalue weighted by Crippen LogP contribution is 2.41. The fourth-order valence-electron chi connectivity index (χ4n) is 8.29. The maximum Gasteiger partial charge on any atom is 0.260 e. The molecule has 11 heteroatoms. The van der Waals surface area contributed by atoms with Crippen LogP contribution in [0.2, 0.25) is 0 Å². The van der Waals surface area contributed by atoms with E-state index in [-0.39, 0.29) is 34.6 Å². The molecule has 60 heavy (non-hydrogen) atoms. The van der Waals surface area contributed by atoms with Gasteiger partial charge in [-0.3, -0.25) is 19.4 Å². The summed E-state index contributed by atoms with van der Waals surface area (Å²) in [7, 11) is 1.57. The maximum absolute atomic E-state index is 14.0. The van der Waals surface area contributed by atoms with Crippen LogP contribution in [0.4, 0.5) is 11.4 Å². The van der Waals surface area contributed by atoms with Crippen molar-refractivity contribution in [2.75, 3.05) is 25.6 Å². The molecule has 1 N–H and O–H groups in total. The van der Waals surface area contributed by atoms with Crippen LogP contribution in [0.1, 0.15) is 101 Å². The van der Waals surface area contributed by atoms with Gasteiger partial charge in [-0.2, -0.15) is 12.6 Å².